The second kappa shape index (κ2) is 4.10. The zero-order valence-corrected chi connectivity index (χ0v) is 9.97. The van der Waals surface area contributed by atoms with Crippen LogP contribution in [0, 0.1) is 13.8 Å². The summed E-state index contributed by atoms with van der Waals surface area (Å²) in [7, 11) is 0. The number of thiophene rings is 1. The minimum atomic E-state index is -0.854. The van der Waals surface area contributed by atoms with Crippen LogP contribution in [-0.2, 0) is 0 Å². The number of rotatable bonds is 2. The number of benzene rings is 1. The Kier molecular flexibility index (Phi) is 2.79. The van der Waals surface area contributed by atoms with Crippen LogP contribution >= 0.6 is 11.3 Å². The van der Waals surface area contributed by atoms with Crippen LogP contribution in [0.1, 0.15) is 20.1 Å². The molecule has 0 aliphatic heterocycles. The first kappa shape index (κ1) is 10.9. The van der Waals surface area contributed by atoms with Gasteiger partial charge in [0.2, 0.25) is 0 Å². The molecule has 0 fully saturated rings. The summed E-state index contributed by atoms with van der Waals surface area (Å²) in [4.78, 5) is 12.3. The Morgan fingerprint density at radius 1 is 1.19 bits per heavy atom. The number of carbonyl (C=O) groups is 1. The molecule has 2 aromatic rings. The molecule has 1 aromatic heterocycles. The second-order valence-electron chi connectivity index (χ2n) is 3.70. The van der Waals surface area contributed by atoms with E-state index in [0.717, 1.165) is 16.0 Å². The van der Waals surface area contributed by atoms with Crippen molar-refractivity contribution in [1.82, 2.24) is 0 Å². The van der Waals surface area contributed by atoms with Crippen molar-refractivity contribution in [3.05, 3.63) is 45.6 Å². The average Bonchev–Trinajstić information content (AvgIpc) is 2.61. The highest BCUT2D eigenvalue weighted by atomic mass is 32.1. The van der Waals surface area contributed by atoms with Crippen molar-refractivity contribution in [1.29, 1.82) is 0 Å². The average molecular weight is 232 g/mol. The molecule has 2 nitrogen and oxygen atoms in total. The first-order valence-corrected chi connectivity index (χ1v) is 5.81. The van der Waals surface area contributed by atoms with Crippen LogP contribution in [-0.4, -0.2) is 11.1 Å². The third kappa shape index (κ3) is 1.86. The summed E-state index contributed by atoms with van der Waals surface area (Å²) in [5, 5.41) is 8.95. The summed E-state index contributed by atoms with van der Waals surface area (Å²) in [6, 6.07) is 9.77. The van der Waals surface area contributed by atoms with E-state index in [9.17, 15) is 4.79 Å². The third-order valence-electron chi connectivity index (χ3n) is 2.56. The van der Waals surface area contributed by atoms with E-state index >= 15 is 0 Å². The number of hydrogen-bond donors (Lipinski definition) is 1. The van der Waals surface area contributed by atoms with Gasteiger partial charge in [-0.1, -0.05) is 24.3 Å². The standard InChI is InChI=1S/C13H12O2S/c1-8-5-3-4-6-10(8)11-7-12(13(14)15)16-9(11)2/h3-7H,1-2H3,(H,14,15). The zero-order chi connectivity index (χ0) is 11.7. The second-order valence-corrected chi connectivity index (χ2v) is 4.96. The molecule has 0 spiro atoms. The van der Waals surface area contributed by atoms with Gasteiger partial charge < -0.3 is 5.11 Å². The normalized spacial score (nSPS) is 10.4. The van der Waals surface area contributed by atoms with Gasteiger partial charge in [0.05, 0.1) is 0 Å². The summed E-state index contributed by atoms with van der Waals surface area (Å²) in [5.41, 5.74) is 3.31. The molecule has 0 saturated carbocycles. The van der Waals surface area contributed by atoms with Crippen LogP contribution in [0.4, 0.5) is 0 Å². The first-order chi connectivity index (χ1) is 7.59. The van der Waals surface area contributed by atoms with Gasteiger partial charge in [0, 0.05) is 4.88 Å². The largest absolute Gasteiger partial charge is 0.477 e. The molecular weight excluding hydrogens is 220 g/mol. The van der Waals surface area contributed by atoms with Crippen molar-refractivity contribution in [2.45, 2.75) is 13.8 Å². The number of aryl methyl sites for hydroxylation is 2. The summed E-state index contributed by atoms with van der Waals surface area (Å²) in [6.45, 7) is 3.99. The Morgan fingerprint density at radius 3 is 2.44 bits per heavy atom. The van der Waals surface area contributed by atoms with Gasteiger partial charge in [-0.25, -0.2) is 4.79 Å². The predicted molar refractivity (Wildman–Crippen MR) is 66.2 cm³/mol. The molecular formula is C13H12O2S. The van der Waals surface area contributed by atoms with E-state index in [1.807, 2.05) is 38.1 Å². The highest BCUT2D eigenvalue weighted by Crippen LogP contribution is 2.32. The lowest BCUT2D eigenvalue weighted by molar-refractivity contribution is 0.0702. The lowest BCUT2D eigenvalue weighted by atomic mass is 10.0. The van der Waals surface area contributed by atoms with Crippen LogP contribution in [0.5, 0.6) is 0 Å². The van der Waals surface area contributed by atoms with E-state index in [2.05, 4.69) is 0 Å². The molecule has 0 unspecified atom stereocenters. The SMILES string of the molecule is Cc1ccccc1-c1cc(C(=O)O)sc1C. The van der Waals surface area contributed by atoms with Crippen LogP contribution in [0.3, 0.4) is 0 Å². The molecule has 0 aliphatic carbocycles. The van der Waals surface area contributed by atoms with Gasteiger partial charge in [-0.05, 0) is 36.6 Å². The fourth-order valence-electron chi connectivity index (χ4n) is 1.73. The van der Waals surface area contributed by atoms with Crippen LogP contribution in [0.15, 0.2) is 30.3 Å². The van der Waals surface area contributed by atoms with Crippen molar-refractivity contribution in [2.75, 3.05) is 0 Å². The fraction of sp³-hybridized carbons (Fsp3) is 0.154. The Balaban J connectivity index is 2.57. The van der Waals surface area contributed by atoms with E-state index in [-0.39, 0.29) is 0 Å². The van der Waals surface area contributed by atoms with E-state index in [4.69, 9.17) is 5.11 Å². The van der Waals surface area contributed by atoms with Gasteiger partial charge in [0.25, 0.3) is 0 Å². The number of hydrogen-bond acceptors (Lipinski definition) is 2. The number of carboxylic acids is 1. The molecule has 0 saturated heterocycles. The summed E-state index contributed by atoms with van der Waals surface area (Å²) >= 11 is 1.33. The van der Waals surface area contributed by atoms with Crippen molar-refractivity contribution < 1.29 is 9.90 Å². The summed E-state index contributed by atoms with van der Waals surface area (Å²) < 4.78 is 0. The van der Waals surface area contributed by atoms with Gasteiger partial charge in [0.1, 0.15) is 4.88 Å². The molecule has 3 heteroatoms. The lowest BCUT2D eigenvalue weighted by Crippen LogP contribution is -1.90. The molecule has 1 N–H and O–H groups in total. The first-order valence-electron chi connectivity index (χ1n) is 4.99. The maximum Gasteiger partial charge on any atom is 0.345 e. The van der Waals surface area contributed by atoms with Gasteiger partial charge in [-0.2, -0.15) is 0 Å². The molecule has 2 rings (SSSR count). The van der Waals surface area contributed by atoms with Gasteiger partial charge >= 0.3 is 5.97 Å². The maximum absolute atomic E-state index is 10.9. The van der Waals surface area contributed by atoms with E-state index in [1.165, 1.54) is 16.9 Å². The zero-order valence-electron chi connectivity index (χ0n) is 9.15. The van der Waals surface area contributed by atoms with Crippen molar-refractivity contribution in [3.63, 3.8) is 0 Å². The fourth-order valence-corrected chi connectivity index (χ4v) is 2.60. The Labute approximate surface area is 98.2 Å². The number of aromatic carboxylic acids is 1. The predicted octanol–water partition coefficient (Wildman–Crippen LogP) is 3.73. The Morgan fingerprint density at radius 2 is 1.88 bits per heavy atom. The Bertz CT molecular complexity index is 541. The van der Waals surface area contributed by atoms with Crippen LogP contribution < -0.4 is 0 Å². The molecule has 1 heterocycles. The number of carboxylic acid groups (broad SMARTS) is 1. The third-order valence-corrected chi connectivity index (χ3v) is 3.60. The van der Waals surface area contributed by atoms with Gasteiger partial charge in [0.15, 0.2) is 0 Å². The summed E-state index contributed by atoms with van der Waals surface area (Å²) in [5.74, 6) is -0.854. The minimum Gasteiger partial charge on any atom is -0.477 e. The molecule has 0 atom stereocenters. The molecule has 16 heavy (non-hydrogen) atoms. The topological polar surface area (TPSA) is 37.3 Å². The lowest BCUT2D eigenvalue weighted by Gasteiger charge is -2.03. The molecule has 0 bridgehead atoms. The molecule has 82 valence electrons. The van der Waals surface area contributed by atoms with E-state index in [0.29, 0.717) is 4.88 Å². The molecule has 0 aliphatic rings. The maximum atomic E-state index is 10.9. The minimum absolute atomic E-state index is 0.399. The quantitative estimate of drug-likeness (QED) is 0.856. The highest BCUT2D eigenvalue weighted by Gasteiger charge is 2.13. The molecule has 1 aromatic carbocycles. The van der Waals surface area contributed by atoms with Crippen molar-refractivity contribution >= 4 is 17.3 Å². The smallest absolute Gasteiger partial charge is 0.345 e. The Hall–Kier alpha value is -1.61. The monoisotopic (exact) mass is 232 g/mol. The van der Waals surface area contributed by atoms with Gasteiger partial charge in [-0.15, -0.1) is 11.3 Å². The van der Waals surface area contributed by atoms with E-state index in [1.54, 1.807) is 6.07 Å². The molecule has 0 amide bonds. The van der Waals surface area contributed by atoms with Crippen molar-refractivity contribution in [3.8, 4) is 11.1 Å². The molecule has 0 radical (unpaired) electrons. The van der Waals surface area contributed by atoms with Gasteiger partial charge in [-0.3, -0.25) is 0 Å². The highest BCUT2D eigenvalue weighted by molar-refractivity contribution is 7.14. The van der Waals surface area contributed by atoms with Crippen molar-refractivity contribution in [2.24, 2.45) is 0 Å². The van der Waals surface area contributed by atoms with E-state index < -0.39 is 5.97 Å². The van der Waals surface area contributed by atoms with Crippen LogP contribution in [0.25, 0.3) is 11.1 Å². The van der Waals surface area contributed by atoms with Crippen LogP contribution in [0.2, 0.25) is 0 Å². The summed E-state index contributed by atoms with van der Waals surface area (Å²) in [6.07, 6.45) is 0.